The van der Waals surface area contributed by atoms with E-state index < -0.39 is 14.4 Å². The van der Waals surface area contributed by atoms with Crippen LogP contribution in [0.1, 0.15) is 37.6 Å². The van der Waals surface area contributed by atoms with Crippen molar-refractivity contribution in [2.24, 2.45) is 0 Å². The molecule has 0 aromatic heterocycles. The van der Waals surface area contributed by atoms with E-state index in [1.807, 2.05) is 54.6 Å². The second kappa shape index (κ2) is 9.33. The molecule has 0 heterocycles. The number of Topliss-reactive ketones (excluding diaryl/α,β-unsaturated/α-hetero) is 1. The molecule has 3 rings (SSSR count). The molecule has 0 fully saturated rings. The summed E-state index contributed by atoms with van der Waals surface area (Å²) in [5, 5.41) is 1.90. The second-order valence-electron chi connectivity index (χ2n) is 8.40. The molecule has 0 bridgehead atoms. The van der Waals surface area contributed by atoms with Crippen LogP contribution < -0.4 is 10.4 Å². The van der Waals surface area contributed by atoms with Gasteiger partial charge in [-0.3, -0.25) is 4.79 Å². The molecule has 0 unspecified atom stereocenters. The van der Waals surface area contributed by atoms with Gasteiger partial charge in [0.1, 0.15) is 12.4 Å². The maximum atomic E-state index is 13.3. The van der Waals surface area contributed by atoms with Crippen molar-refractivity contribution in [3.8, 4) is 0 Å². The van der Waals surface area contributed by atoms with Crippen LogP contribution in [-0.4, -0.2) is 26.5 Å². The number of aldehydes is 1. The van der Waals surface area contributed by atoms with Gasteiger partial charge in [0, 0.05) is 12.0 Å². The van der Waals surface area contributed by atoms with Crippen LogP contribution in [0.15, 0.2) is 91.0 Å². The Balaban J connectivity index is 2.18. The number of hydrogen-bond donors (Lipinski definition) is 0. The molecule has 0 N–H and O–H groups in total. The predicted molar refractivity (Wildman–Crippen MR) is 124 cm³/mol. The van der Waals surface area contributed by atoms with Gasteiger partial charge in [0.25, 0.3) is 8.32 Å². The minimum Gasteiger partial charge on any atom is -0.397 e. The van der Waals surface area contributed by atoms with E-state index in [-0.39, 0.29) is 17.2 Å². The van der Waals surface area contributed by atoms with Gasteiger partial charge in [-0.2, -0.15) is 0 Å². The zero-order valence-corrected chi connectivity index (χ0v) is 18.7. The van der Waals surface area contributed by atoms with Crippen LogP contribution in [0.4, 0.5) is 0 Å². The predicted octanol–water partition coefficient (Wildman–Crippen LogP) is 4.40. The number of hydrogen-bond acceptors (Lipinski definition) is 3. The molecule has 30 heavy (non-hydrogen) atoms. The lowest BCUT2D eigenvalue weighted by molar-refractivity contribution is -0.109. The molecule has 0 saturated heterocycles. The van der Waals surface area contributed by atoms with Crippen molar-refractivity contribution in [3.05, 3.63) is 96.6 Å². The Labute approximate surface area is 179 Å². The summed E-state index contributed by atoms with van der Waals surface area (Å²) in [6.07, 6.45) is -0.0298. The molecule has 3 aromatic rings. The first-order chi connectivity index (χ1) is 14.4. The number of benzene rings is 3. The quantitative estimate of drug-likeness (QED) is 0.310. The molecule has 0 radical (unpaired) electrons. The largest absolute Gasteiger partial charge is 0.397 e. The highest BCUT2D eigenvalue weighted by Crippen LogP contribution is 2.38. The molecule has 3 nitrogen and oxygen atoms in total. The molecule has 0 saturated carbocycles. The van der Waals surface area contributed by atoms with E-state index in [2.05, 4.69) is 45.0 Å². The zero-order chi connectivity index (χ0) is 21.6. The number of carbonyl (C=O) groups is 2. The van der Waals surface area contributed by atoms with Gasteiger partial charge in [-0.05, 0) is 15.4 Å². The topological polar surface area (TPSA) is 43.4 Å². The van der Waals surface area contributed by atoms with Crippen LogP contribution in [0.2, 0.25) is 5.04 Å². The van der Waals surface area contributed by atoms with Gasteiger partial charge in [0.2, 0.25) is 0 Å². The van der Waals surface area contributed by atoms with Gasteiger partial charge in [-0.1, -0.05) is 112 Å². The Morgan fingerprint density at radius 3 is 1.67 bits per heavy atom. The molecule has 0 aliphatic carbocycles. The SMILES string of the molecule is CC(C)(C)[Si](O[C@H](CC=O)C(=O)c1ccccc1)(c1ccccc1)c1ccccc1. The van der Waals surface area contributed by atoms with Crippen molar-refractivity contribution >= 4 is 30.8 Å². The van der Waals surface area contributed by atoms with Crippen molar-refractivity contribution in [1.29, 1.82) is 0 Å². The summed E-state index contributed by atoms with van der Waals surface area (Å²) < 4.78 is 6.89. The third kappa shape index (κ3) is 4.35. The Morgan fingerprint density at radius 1 is 0.833 bits per heavy atom. The standard InChI is InChI=1S/C26H28O3Si/c1-26(2,3)30(22-15-9-5-10-16-22,23-17-11-6-12-18-23)29-24(19-20-27)25(28)21-13-7-4-8-14-21/h4-18,20,24H,19H2,1-3H3/t24-/m1/s1. The van der Waals surface area contributed by atoms with Crippen molar-refractivity contribution in [2.45, 2.75) is 38.3 Å². The summed E-state index contributed by atoms with van der Waals surface area (Å²) in [7, 11) is -2.93. The summed E-state index contributed by atoms with van der Waals surface area (Å²) in [4.78, 5) is 24.9. The lowest BCUT2D eigenvalue weighted by Gasteiger charge is -2.44. The maximum Gasteiger partial charge on any atom is 0.262 e. The first-order valence-electron chi connectivity index (χ1n) is 10.2. The van der Waals surface area contributed by atoms with Crippen LogP contribution in [0.25, 0.3) is 0 Å². The monoisotopic (exact) mass is 416 g/mol. The summed E-state index contributed by atoms with van der Waals surface area (Å²) >= 11 is 0. The minimum absolute atomic E-state index is 0.0260. The van der Waals surface area contributed by atoms with Gasteiger partial charge in [-0.15, -0.1) is 0 Å². The van der Waals surface area contributed by atoms with E-state index in [4.69, 9.17) is 4.43 Å². The lowest BCUT2D eigenvalue weighted by atomic mass is 10.0. The van der Waals surface area contributed by atoms with E-state index in [0.29, 0.717) is 5.56 Å². The fourth-order valence-electron chi connectivity index (χ4n) is 3.99. The zero-order valence-electron chi connectivity index (χ0n) is 17.7. The van der Waals surface area contributed by atoms with Crippen molar-refractivity contribution in [1.82, 2.24) is 0 Å². The highest BCUT2D eigenvalue weighted by Gasteiger charge is 2.52. The molecule has 1 atom stereocenters. The van der Waals surface area contributed by atoms with Crippen LogP contribution >= 0.6 is 0 Å². The van der Waals surface area contributed by atoms with Gasteiger partial charge in [0.05, 0.1) is 0 Å². The Bertz CT molecular complexity index is 924. The van der Waals surface area contributed by atoms with Crippen molar-refractivity contribution in [2.75, 3.05) is 0 Å². The average Bonchev–Trinajstić information content (AvgIpc) is 2.77. The third-order valence-corrected chi connectivity index (χ3v) is 10.4. The van der Waals surface area contributed by atoms with Crippen molar-refractivity contribution < 1.29 is 14.0 Å². The second-order valence-corrected chi connectivity index (χ2v) is 12.7. The Hall–Kier alpha value is -2.82. The van der Waals surface area contributed by atoms with E-state index >= 15 is 0 Å². The summed E-state index contributed by atoms with van der Waals surface area (Å²) in [6.45, 7) is 6.47. The van der Waals surface area contributed by atoms with Gasteiger partial charge < -0.3 is 9.22 Å². The first kappa shape index (κ1) is 21.9. The van der Waals surface area contributed by atoms with E-state index in [1.165, 1.54) is 0 Å². The Morgan fingerprint density at radius 2 is 1.27 bits per heavy atom. The van der Waals surface area contributed by atoms with Gasteiger partial charge in [0.15, 0.2) is 5.78 Å². The molecular weight excluding hydrogens is 388 g/mol. The summed E-state index contributed by atoms with van der Waals surface area (Å²) in [5.74, 6) is -0.157. The molecule has 0 amide bonds. The maximum absolute atomic E-state index is 13.3. The van der Waals surface area contributed by atoms with E-state index in [9.17, 15) is 9.59 Å². The van der Waals surface area contributed by atoms with Gasteiger partial charge >= 0.3 is 0 Å². The first-order valence-corrected chi connectivity index (χ1v) is 12.1. The van der Waals surface area contributed by atoms with Crippen LogP contribution in [0.3, 0.4) is 0 Å². The molecule has 0 aliphatic heterocycles. The number of rotatable bonds is 8. The Kier molecular flexibility index (Phi) is 6.80. The smallest absolute Gasteiger partial charge is 0.262 e. The number of ketones is 1. The van der Waals surface area contributed by atoms with Crippen molar-refractivity contribution in [3.63, 3.8) is 0 Å². The molecule has 0 spiro atoms. The normalized spacial score (nSPS) is 12.9. The molecule has 0 aliphatic rings. The van der Waals surface area contributed by atoms with E-state index in [0.717, 1.165) is 16.7 Å². The fraction of sp³-hybridized carbons (Fsp3) is 0.231. The molecular formula is C26H28O3Si. The lowest BCUT2D eigenvalue weighted by Crippen LogP contribution is -2.68. The number of carbonyl (C=O) groups excluding carboxylic acids is 2. The third-order valence-electron chi connectivity index (χ3n) is 5.40. The molecule has 4 heteroatoms. The minimum atomic E-state index is -2.93. The highest BCUT2D eigenvalue weighted by atomic mass is 28.4. The van der Waals surface area contributed by atoms with Crippen LogP contribution in [0.5, 0.6) is 0 Å². The molecule has 154 valence electrons. The fourth-order valence-corrected chi connectivity index (χ4v) is 8.63. The highest BCUT2D eigenvalue weighted by molar-refractivity contribution is 6.99. The van der Waals surface area contributed by atoms with Gasteiger partial charge in [-0.25, -0.2) is 0 Å². The molecule has 3 aromatic carbocycles. The summed E-state index contributed by atoms with van der Waals surface area (Å²) in [6, 6.07) is 29.4. The van der Waals surface area contributed by atoms with E-state index in [1.54, 1.807) is 12.1 Å². The average molecular weight is 417 g/mol. The summed E-state index contributed by atoms with van der Waals surface area (Å²) in [5.41, 5.74) is 0.558. The van der Waals surface area contributed by atoms with Crippen LogP contribution in [0, 0.1) is 0 Å². The van der Waals surface area contributed by atoms with Crippen LogP contribution in [-0.2, 0) is 9.22 Å².